The first-order valence-corrected chi connectivity index (χ1v) is 23.8. The Hall–Kier alpha value is -6.33. The van der Waals surface area contributed by atoms with Gasteiger partial charge in [0.25, 0.3) is 0 Å². The fourth-order valence-electron chi connectivity index (χ4n) is 5.68. The molecule has 0 aliphatic carbocycles. The maximum atomic E-state index is 13.9. The number of aliphatic carboxylic acids is 2. The number of rotatable bonds is 32. The molecule has 0 saturated carbocycles. The van der Waals surface area contributed by atoms with Crippen LogP contribution in [0.5, 0.6) is 0 Å². The molecule has 384 valence electrons. The van der Waals surface area contributed by atoms with E-state index < -0.39 is 133 Å². The zero-order valence-corrected chi connectivity index (χ0v) is 40.8. The summed E-state index contributed by atoms with van der Waals surface area (Å²) in [6, 6.07) is -2.18. The minimum absolute atomic E-state index is 0.0441. The normalized spacial score (nSPS) is 14.2. The van der Waals surface area contributed by atoms with Crippen LogP contribution in [0.3, 0.4) is 0 Å². The number of carboxylic acid groups (broad SMARTS) is 2. The average Bonchev–Trinajstić information content (AvgIpc) is 3.29. The smallest absolute Gasteiger partial charge is 0.325 e. The van der Waals surface area contributed by atoms with Crippen molar-refractivity contribution in [3.63, 3.8) is 0 Å². The molecule has 1 rings (SSSR count). The molecule has 0 radical (unpaired) electrons. The van der Waals surface area contributed by atoms with Crippen LogP contribution < -0.4 is 65.1 Å². The number of carboxylic acids is 2. The Morgan fingerprint density at radius 2 is 1.09 bits per heavy atom. The van der Waals surface area contributed by atoms with E-state index in [1.807, 2.05) is 0 Å². The van der Waals surface area contributed by atoms with Crippen LogP contribution in [0.15, 0.2) is 35.3 Å². The van der Waals surface area contributed by atoms with Crippen LogP contribution in [0.2, 0.25) is 0 Å². The Kier molecular flexibility index (Phi) is 28.5. The topological polar surface area (TPSA) is 427 Å². The summed E-state index contributed by atoms with van der Waals surface area (Å²) in [7, 11) is 0. The zero-order valence-electron chi connectivity index (χ0n) is 38.2. The third kappa shape index (κ3) is 24.5. The SMILES string of the molecule is CSCC[C@H](NC(=O)[C@H](CC(=O)O)NC(=O)CNC(=O)[C@H](CCCN=C(N)N)NC(=O)[C@H](CS)NC(=O)[C@H](C)N)C(=O)N[C@@H](Cc1ccccc1)C(=O)NCC(=O)N[C@@H](CS)C(=O)N[C@@H](C)C(=O)O. The van der Waals surface area contributed by atoms with Gasteiger partial charge in [-0.25, -0.2) is 0 Å². The van der Waals surface area contributed by atoms with Crippen molar-refractivity contribution in [3.8, 4) is 0 Å². The molecule has 1 aromatic carbocycles. The summed E-state index contributed by atoms with van der Waals surface area (Å²) in [6.45, 7) is 1.16. The minimum Gasteiger partial charge on any atom is -0.481 e. The van der Waals surface area contributed by atoms with Crippen molar-refractivity contribution in [1.82, 2.24) is 47.9 Å². The Morgan fingerprint density at radius 1 is 0.623 bits per heavy atom. The van der Waals surface area contributed by atoms with Crippen LogP contribution in [0.4, 0.5) is 0 Å². The first kappa shape index (κ1) is 60.7. The summed E-state index contributed by atoms with van der Waals surface area (Å²) in [5, 5.41) is 40.0. The van der Waals surface area contributed by atoms with Gasteiger partial charge in [0.2, 0.25) is 53.2 Å². The van der Waals surface area contributed by atoms with Crippen molar-refractivity contribution in [2.45, 2.75) is 94.3 Å². The Morgan fingerprint density at radius 3 is 1.59 bits per heavy atom. The molecule has 0 heterocycles. The molecule has 26 nitrogen and oxygen atoms in total. The van der Waals surface area contributed by atoms with Gasteiger partial charge in [-0.1, -0.05) is 30.3 Å². The fourth-order valence-corrected chi connectivity index (χ4v) is 6.66. The molecule has 0 spiro atoms. The molecule has 1 aromatic rings. The molecule has 9 amide bonds. The summed E-state index contributed by atoms with van der Waals surface area (Å²) in [5.41, 5.74) is 16.9. The lowest BCUT2D eigenvalue weighted by Gasteiger charge is -2.25. The van der Waals surface area contributed by atoms with Crippen molar-refractivity contribution in [3.05, 3.63) is 35.9 Å². The van der Waals surface area contributed by atoms with Gasteiger partial charge in [0.1, 0.15) is 42.3 Å². The van der Waals surface area contributed by atoms with Crippen LogP contribution in [-0.2, 0) is 59.2 Å². The fraction of sp³-hybridized carbons (Fsp3) is 0.550. The zero-order chi connectivity index (χ0) is 52.2. The molecule has 0 aliphatic heterocycles. The maximum Gasteiger partial charge on any atom is 0.325 e. The third-order valence-electron chi connectivity index (χ3n) is 9.41. The quantitative estimate of drug-likeness (QED) is 0.0138. The van der Waals surface area contributed by atoms with Crippen LogP contribution in [0.25, 0.3) is 0 Å². The van der Waals surface area contributed by atoms with Crippen LogP contribution in [0, 0.1) is 0 Å². The van der Waals surface area contributed by atoms with Crippen molar-refractivity contribution in [1.29, 1.82) is 0 Å². The van der Waals surface area contributed by atoms with E-state index in [2.05, 4.69) is 78.1 Å². The molecule has 0 aromatic heterocycles. The van der Waals surface area contributed by atoms with Crippen LogP contribution >= 0.6 is 37.0 Å². The summed E-state index contributed by atoms with van der Waals surface area (Å²) in [5.74, 6) is -11.1. The van der Waals surface area contributed by atoms with Gasteiger partial charge in [0.05, 0.1) is 25.6 Å². The van der Waals surface area contributed by atoms with E-state index >= 15 is 0 Å². The molecule has 0 unspecified atom stereocenters. The molecule has 69 heavy (non-hydrogen) atoms. The van der Waals surface area contributed by atoms with Crippen LogP contribution in [-0.4, -0.2) is 173 Å². The number of aliphatic imine (C=N–C) groups is 1. The van der Waals surface area contributed by atoms with Gasteiger partial charge in [-0.15, -0.1) is 0 Å². The predicted octanol–water partition coefficient (Wildman–Crippen LogP) is -5.55. The highest BCUT2D eigenvalue weighted by atomic mass is 32.2. The molecule has 0 bridgehead atoms. The molecular weight excluding hydrogens is 967 g/mol. The van der Waals surface area contributed by atoms with Crippen molar-refractivity contribution in [2.75, 3.05) is 43.1 Å². The van der Waals surface area contributed by atoms with Crippen molar-refractivity contribution >= 4 is 108 Å². The van der Waals surface area contributed by atoms with Crippen LogP contribution in [0.1, 0.15) is 45.1 Å². The number of guanidine groups is 1. The lowest BCUT2D eigenvalue weighted by molar-refractivity contribution is -0.141. The van der Waals surface area contributed by atoms with E-state index in [4.69, 9.17) is 22.3 Å². The summed E-state index contributed by atoms with van der Waals surface area (Å²) in [4.78, 5) is 145. The number of benzene rings is 1. The van der Waals surface area contributed by atoms with Gasteiger partial charge in [0.15, 0.2) is 5.96 Å². The second kappa shape index (κ2) is 32.4. The van der Waals surface area contributed by atoms with Gasteiger partial charge in [-0.2, -0.15) is 37.0 Å². The molecular formula is C40H63N13O13S3. The largest absolute Gasteiger partial charge is 0.481 e. The Labute approximate surface area is 413 Å². The highest BCUT2D eigenvalue weighted by molar-refractivity contribution is 7.98. The maximum absolute atomic E-state index is 13.9. The third-order valence-corrected chi connectivity index (χ3v) is 10.8. The lowest BCUT2D eigenvalue weighted by Crippen LogP contribution is -2.59. The van der Waals surface area contributed by atoms with E-state index in [-0.39, 0.29) is 55.4 Å². The van der Waals surface area contributed by atoms with E-state index in [9.17, 15) is 57.8 Å². The van der Waals surface area contributed by atoms with Gasteiger partial charge < -0.3 is 75.3 Å². The molecule has 17 N–H and O–H groups in total. The van der Waals surface area contributed by atoms with Gasteiger partial charge in [-0.05, 0) is 50.7 Å². The van der Waals surface area contributed by atoms with Gasteiger partial charge in [-0.3, -0.25) is 57.7 Å². The molecule has 0 saturated heterocycles. The van der Waals surface area contributed by atoms with E-state index in [0.717, 1.165) is 0 Å². The second-order valence-corrected chi connectivity index (χ2v) is 16.9. The number of nitrogens with one attached hydrogen (secondary N) is 9. The molecule has 8 atom stereocenters. The number of nitrogens with two attached hydrogens (primary N) is 3. The van der Waals surface area contributed by atoms with Crippen molar-refractivity contribution in [2.24, 2.45) is 22.2 Å². The first-order chi connectivity index (χ1) is 32.5. The number of carbonyl (C=O) groups is 11. The highest BCUT2D eigenvalue weighted by Gasteiger charge is 2.32. The first-order valence-electron chi connectivity index (χ1n) is 21.2. The summed E-state index contributed by atoms with van der Waals surface area (Å²) < 4.78 is 0. The molecule has 29 heteroatoms. The highest BCUT2D eigenvalue weighted by Crippen LogP contribution is 2.08. The number of thiol groups is 2. The van der Waals surface area contributed by atoms with Crippen molar-refractivity contribution < 1.29 is 63.0 Å². The number of hydrogen-bond acceptors (Lipinski definition) is 16. The minimum atomic E-state index is -1.80. The van der Waals surface area contributed by atoms with Gasteiger partial charge in [0, 0.05) is 24.5 Å². The number of carbonyl (C=O) groups excluding carboxylic acids is 9. The van der Waals surface area contributed by atoms with E-state index in [0.29, 0.717) is 5.56 Å². The summed E-state index contributed by atoms with van der Waals surface area (Å²) >= 11 is 9.41. The monoisotopic (exact) mass is 1030 g/mol. The lowest BCUT2D eigenvalue weighted by atomic mass is 10.0. The van der Waals surface area contributed by atoms with Gasteiger partial charge >= 0.3 is 11.9 Å². The summed E-state index contributed by atoms with van der Waals surface area (Å²) in [6.07, 6.45) is 0.691. The van der Waals surface area contributed by atoms with E-state index in [1.165, 1.54) is 25.6 Å². The number of thioether (sulfide) groups is 1. The van der Waals surface area contributed by atoms with E-state index in [1.54, 1.807) is 36.6 Å². The number of hydrogen-bond donors (Lipinski definition) is 16. The standard InChI is InChI=1S/C40H63N13O13S3/c1-20(41)32(58)53-28(19-68)38(64)50-23(10-7-12-44-40(42)43)33(59)45-16-29(54)48-26(15-31(56)57)36(62)51-24(11-13-69-3)35(61)52-25(14-22-8-5-4-6-9-22)34(60)46-17-30(55)49-27(18-67)37(63)47-21(2)39(65)66/h4-6,8-9,20-21,23-28,67-68H,7,10-19,41H2,1-3H3,(H,45,59)(H,46,60)(H,47,63)(H,48,54)(H,49,55)(H,50,64)(H,51,62)(H,52,61)(H,53,58)(H,56,57)(H,65,66)(H4,42,43,44)/t20-,21-,23-,24-,25-,26-,27-,28-/m0/s1. The molecule has 0 fully saturated rings. The Bertz CT molecular complexity index is 1980. The molecule has 0 aliphatic rings. The second-order valence-electron chi connectivity index (χ2n) is 15.2. The predicted molar refractivity (Wildman–Crippen MR) is 260 cm³/mol. The average molecular weight is 1030 g/mol. The Balaban J connectivity index is 3.21. The number of amides is 9. The number of nitrogens with zero attached hydrogens (tertiary/aromatic N) is 1.